The highest BCUT2D eigenvalue weighted by atomic mass is 32.1. The molecule has 0 aliphatic rings. The summed E-state index contributed by atoms with van der Waals surface area (Å²) in [5.74, 6) is 0.530. The number of thiophene rings is 1. The van der Waals surface area contributed by atoms with E-state index < -0.39 is 0 Å². The summed E-state index contributed by atoms with van der Waals surface area (Å²) in [7, 11) is 1.64. The first-order valence-electron chi connectivity index (χ1n) is 9.86. The van der Waals surface area contributed by atoms with Crippen LogP contribution in [0.4, 0.5) is 0 Å². The van der Waals surface area contributed by atoms with E-state index in [1.807, 2.05) is 41.9 Å². The molecule has 2 aromatic carbocycles. The molecule has 4 rings (SSSR count). The molecule has 0 fully saturated rings. The van der Waals surface area contributed by atoms with Crippen LogP contribution >= 0.6 is 11.3 Å². The molecule has 5 nitrogen and oxygen atoms in total. The lowest BCUT2D eigenvalue weighted by molar-refractivity contribution is 0.0515. The molecule has 30 heavy (non-hydrogen) atoms. The van der Waals surface area contributed by atoms with Crippen LogP contribution in [0.25, 0.3) is 10.2 Å². The summed E-state index contributed by atoms with van der Waals surface area (Å²) in [4.78, 5) is 14.2. The fraction of sp³-hybridized carbons (Fsp3) is 0.250. The van der Waals surface area contributed by atoms with Crippen LogP contribution in [0.3, 0.4) is 0 Å². The molecule has 0 radical (unpaired) electrons. The van der Waals surface area contributed by atoms with Crippen LogP contribution in [-0.2, 0) is 17.7 Å². The van der Waals surface area contributed by atoms with E-state index in [4.69, 9.17) is 9.47 Å². The van der Waals surface area contributed by atoms with Gasteiger partial charge in [-0.1, -0.05) is 42.0 Å². The van der Waals surface area contributed by atoms with Gasteiger partial charge in [-0.15, -0.1) is 11.3 Å². The molecule has 0 aliphatic carbocycles. The van der Waals surface area contributed by atoms with Gasteiger partial charge < -0.3 is 9.47 Å². The molecule has 2 heterocycles. The quantitative estimate of drug-likeness (QED) is 0.387. The van der Waals surface area contributed by atoms with Gasteiger partial charge in [0.1, 0.15) is 15.5 Å². The Balaban J connectivity index is 1.43. The number of rotatable bonds is 7. The fourth-order valence-electron chi connectivity index (χ4n) is 3.31. The van der Waals surface area contributed by atoms with Crippen molar-refractivity contribution in [2.45, 2.75) is 26.8 Å². The minimum Gasteiger partial charge on any atom is -0.497 e. The third-order valence-corrected chi connectivity index (χ3v) is 6.17. The van der Waals surface area contributed by atoms with Crippen LogP contribution in [0.1, 0.15) is 32.1 Å². The third kappa shape index (κ3) is 4.39. The maximum atomic E-state index is 12.6. The summed E-state index contributed by atoms with van der Waals surface area (Å²) < 4.78 is 12.6. The number of aryl methyl sites for hydroxylation is 2. The molecule has 2 aromatic heterocycles. The van der Waals surface area contributed by atoms with Crippen LogP contribution in [0.15, 0.2) is 54.6 Å². The summed E-state index contributed by atoms with van der Waals surface area (Å²) in [6.45, 7) is 5.07. The number of fused-ring (bicyclic) bond motifs is 1. The normalized spacial score (nSPS) is 11.0. The smallest absolute Gasteiger partial charge is 0.348 e. The van der Waals surface area contributed by atoms with Crippen molar-refractivity contribution in [1.29, 1.82) is 0 Å². The Morgan fingerprint density at radius 1 is 1.03 bits per heavy atom. The highest BCUT2D eigenvalue weighted by Crippen LogP contribution is 2.29. The first-order valence-corrected chi connectivity index (χ1v) is 10.7. The summed E-state index contributed by atoms with van der Waals surface area (Å²) in [6, 6.07) is 18.1. The zero-order valence-corrected chi connectivity index (χ0v) is 18.2. The van der Waals surface area contributed by atoms with Crippen molar-refractivity contribution in [2.75, 3.05) is 13.7 Å². The highest BCUT2D eigenvalue weighted by molar-refractivity contribution is 7.20. The maximum absolute atomic E-state index is 12.6. The molecular formula is C24H24N2O3S. The van der Waals surface area contributed by atoms with Crippen molar-refractivity contribution in [2.24, 2.45) is 0 Å². The van der Waals surface area contributed by atoms with Gasteiger partial charge in [0.2, 0.25) is 0 Å². The molecule has 0 bridgehead atoms. The number of hydrogen-bond donors (Lipinski definition) is 0. The van der Waals surface area contributed by atoms with Crippen LogP contribution in [-0.4, -0.2) is 29.5 Å². The second kappa shape index (κ2) is 8.71. The Kier molecular flexibility index (Phi) is 5.86. The average Bonchev–Trinajstić information content (AvgIpc) is 3.31. The monoisotopic (exact) mass is 420 g/mol. The Labute approximate surface area is 179 Å². The number of benzene rings is 2. The van der Waals surface area contributed by atoms with Crippen molar-refractivity contribution < 1.29 is 14.3 Å². The molecule has 0 saturated heterocycles. The van der Waals surface area contributed by atoms with Gasteiger partial charge in [-0.3, -0.25) is 4.68 Å². The largest absolute Gasteiger partial charge is 0.497 e. The van der Waals surface area contributed by atoms with E-state index in [9.17, 15) is 4.79 Å². The van der Waals surface area contributed by atoms with Crippen LogP contribution in [0.5, 0.6) is 5.75 Å². The lowest BCUT2D eigenvalue weighted by atomic mass is 10.1. The van der Waals surface area contributed by atoms with Crippen molar-refractivity contribution >= 4 is 27.5 Å². The fourth-order valence-corrected chi connectivity index (χ4v) is 4.37. The minimum absolute atomic E-state index is 0.286. The second-order valence-electron chi connectivity index (χ2n) is 7.29. The Bertz CT molecular complexity index is 1160. The topological polar surface area (TPSA) is 53.4 Å². The van der Waals surface area contributed by atoms with E-state index in [1.165, 1.54) is 22.5 Å². The third-order valence-electron chi connectivity index (χ3n) is 5.04. The Hall–Kier alpha value is -3.12. The van der Waals surface area contributed by atoms with Gasteiger partial charge in [-0.05, 0) is 43.2 Å². The summed E-state index contributed by atoms with van der Waals surface area (Å²) in [5.41, 5.74) is 4.44. The Morgan fingerprint density at radius 2 is 1.73 bits per heavy atom. The van der Waals surface area contributed by atoms with E-state index in [1.54, 1.807) is 7.11 Å². The molecule has 0 saturated carbocycles. The molecule has 0 unspecified atom stereocenters. The van der Waals surface area contributed by atoms with Gasteiger partial charge in [-0.25, -0.2) is 4.79 Å². The first kappa shape index (κ1) is 20.2. The molecule has 4 aromatic rings. The second-order valence-corrected chi connectivity index (χ2v) is 8.32. The van der Waals surface area contributed by atoms with Gasteiger partial charge >= 0.3 is 5.97 Å². The average molecular weight is 421 g/mol. The van der Waals surface area contributed by atoms with Gasteiger partial charge in [0.05, 0.1) is 26.0 Å². The Morgan fingerprint density at radius 3 is 2.43 bits per heavy atom. The van der Waals surface area contributed by atoms with Crippen LogP contribution < -0.4 is 4.74 Å². The first-order chi connectivity index (χ1) is 14.5. The maximum Gasteiger partial charge on any atom is 0.348 e. The molecule has 154 valence electrons. The lowest BCUT2D eigenvalue weighted by Crippen LogP contribution is -2.06. The predicted molar refractivity (Wildman–Crippen MR) is 120 cm³/mol. The number of carbonyl (C=O) groups excluding carboxylic acids is 1. The minimum atomic E-state index is -0.286. The van der Waals surface area contributed by atoms with E-state index in [0.717, 1.165) is 27.2 Å². The van der Waals surface area contributed by atoms with E-state index in [-0.39, 0.29) is 5.97 Å². The molecule has 0 aliphatic heterocycles. The number of esters is 1. The molecule has 0 amide bonds. The van der Waals surface area contributed by atoms with Gasteiger partial charge in [-0.2, -0.15) is 5.10 Å². The molecule has 0 atom stereocenters. The summed E-state index contributed by atoms with van der Waals surface area (Å²) >= 11 is 1.44. The molecular weight excluding hydrogens is 396 g/mol. The number of methoxy groups -OCH3 is 1. The molecule has 0 spiro atoms. The van der Waals surface area contributed by atoms with E-state index >= 15 is 0 Å². The predicted octanol–water partition coefficient (Wildman–Crippen LogP) is 5.17. The standard InChI is InChI=1S/C24H24N2O3S/c1-16-4-6-19(7-5-16)15-26-23-21(17(2)25-26)14-22(30-23)24(27)29-13-12-18-8-10-20(28-3)11-9-18/h4-11,14H,12-13,15H2,1-3H3. The summed E-state index contributed by atoms with van der Waals surface area (Å²) in [5, 5.41) is 5.66. The number of carbonyl (C=O) groups is 1. The number of aromatic nitrogens is 2. The van der Waals surface area contributed by atoms with Crippen molar-refractivity contribution in [3.63, 3.8) is 0 Å². The zero-order valence-electron chi connectivity index (χ0n) is 17.3. The van der Waals surface area contributed by atoms with Gasteiger partial charge in [0.25, 0.3) is 0 Å². The number of ether oxygens (including phenoxy) is 2. The zero-order chi connectivity index (χ0) is 21.1. The van der Waals surface area contributed by atoms with Crippen LogP contribution in [0.2, 0.25) is 0 Å². The molecule has 6 heteroatoms. The van der Waals surface area contributed by atoms with Crippen molar-refractivity contribution in [3.05, 3.63) is 81.9 Å². The number of hydrogen-bond acceptors (Lipinski definition) is 5. The van der Waals surface area contributed by atoms with Gasteiger partial charge in [0, 0.05) is 11.8 Å². The van der Waals surface area contributed by atoms with Crippen molar-refractivity contribution in [1.82, 2.24) is 9.78 Å². The van der Waals surface area contributed by atoms with E-state index in [2.05, 4.69) is 36.3 Å². The summed E-state index contributed by atoms with van der Waals surface area (Å²) in [6.07, 6.45) is 0.668. The van der Waals surface area contributed by atoms with Gasteiger partial charge in [0.15, 0.2) is 0 Å². The highest BCUT2D eigenvalue weighted by Gasteiger charge is 2.17. The lowest BCUT2D eigenvalue weighted by Gasteiger charge is -2.05. The van der Waals surface area contributed by atoms with E-state index in [0.29, 0.717) is 24.4 Å². The van der Waals surface area contributed by atoms with Crippen LogP contribution in [0, 0.1) is 13.8 Å². The van der Waals surface area contributed by atoms with Crippen molar-refractivity contribution in [3.8, 4) is 5.75 Å². The number of nitrogens with zero attached hydrogens (tertiary/aromatic N) is 2. The SMILES string of the molecule is COc1ccc(CCOC(=O)c2cc3c(C)nn(Cc4ccc(C)cc4)c3s2)cc1. The molecule has 0 N–H and O–H groups in total.